The van der Waals surface area contributed by atoms with Crippen LogP contribution in [-0.4, -0.2) is 37.6 Å². The normalized spacial score (nSPS) is 11.2. The molecule has 98 valence electrons. The van der Waals surface area contributed by atoms with Crippen molar-refractivity contribution < 1.29 is 0 Å². The summed E-state index contributed by atoms with van der Waals surface area (Å²) in [6, 6.07) is 0. The molecule has 1 N–H and O–H groups in total. The lowest BCUT2D eigenvalue weighted by Gasteiger charge is -2.20. The Labute approximate surface area is 103 Å². The van der Waals surface area contributed by atoms with Crippen molar-refractivity contribution in [1.82, 2.24) is 10.2 Å². The Morgan fingerprint density at radius 1 is 0.750 bits per heavy atom. The molecule has 2 nitrogen and oxygen atoms in total. The second-order valence-electron chi connectivity index (χ2n) is 4.60. The predicted octanol–water partition coefficient (Wildman–Crippen LogP) is 3.28. The summed E-state index contributed by atoms with van der Waals surface area (Å²) in [6.45, 7) is 12.9. The minimum Gasteiger partial charge on any atom is -0.317 e. The zero-order valence-electron chi connectivity index (χ0n) is 11.7. The van der Waals surface area contributed by atoms with Crippen molar-refractivity contribution in [2.75, 3.05) is 32.7 Å². The van der Waals surface area contributed by atoms with Crippen LogP contribution < -0.4 is 5.32 Å². The molecule has 0 radical (unpaired) electrons. The Morgan fingerprint density at radius 2 is 1.44 bits per heavy atom. The van der Waals surface area contributed by atoms with Gasteiger partial charge in [0.15, 0.2) is 0 Å². The first kappa shape index (κ1) is 15.9. The smallest absolute Gasteiger partial charge is 0.00184 e. The van der Waals surface area contributed by atoms with Crippen LogP contribution in [0.2, 0.25) is 0 Å². The van der Waals surface area contributed by atoms with Crippen LogP contribution in [0.5, 0.6) is 0 Å². The zero-order valence-corrected chi connectivity index (χ0v) is 11.7. The SMILES string of the molecule is CCCCCN(CC)CCCCNCCC. The fraction of sp³-hybridized carbons (Fsp3) is 1.00. The van der Waals surface area contributed by atoms with E-state index in [-0.39, 0.29) is 0 Å². The molecule has 0 aromatic heterocycles. The van der Waals surface area contributed by atoms with Gasteiger partial charge in [0.05, 0.1) is 0 Å². The fourth-order valence-electron chi connectivity index (χ4n) is 1.90. The fourth-order valence-corrected chi connectivity index (χ4v) is 1.90. The van der Waals surface area contributed by atoms with Crippen LogP contribution in [0.4, 0.5) is 0 Å². The van der Waals surface area contributed by atoms with E-state index in [9.17, 15) is 0 Å². The van der Waals surface area contributed by atoms with Crippen molar-refractivity contribution in [3.05, 3.63) is 0 Å². The second-order valence-corrected chi connectivity index (χ2v) is 4.60. The minimum absolute atomic E-state index is 1.17. The van der Waals surface area contributed by atoms with E-state index in [0.29, 0.717) is 0 Å². The van der Waals surface area contributed by atoms with E-state index in [0.717, 1.165) is 0 Å². The Hall–Kier alpha value is -0.0800. The monoisotopic (exact) mass is 228 g/mol. The lowest BCUT2D eigenvalue weighted by molar-refractivity contribution is 0.275. The molecule has 0 aromatic rings. The first-order valence-electron chi connectivity index (χ1n) is 7.28. The molecule has 0 unspecified atom stereocenters. The first-order chi connectivity index (χ1) is 7.85. The number of nitrogens with zero attached hydrogens (tertiary/aromatic N) is 1. The molecule has 0 amide bonds. The van der Waals surface area contributed by atoms with Crippen molar-refractivity contribution in [1.29, 1.82) is 0 Å². The molecule has 0 aliphatic carbocycles. The minimum atomic E-state index is 1.17. The van der Waals surface area contributed by atoms with E-state index in [1.54, 1.807) is 0 Å². The molecule has 0 atom stereocenters. The van der Waals surface area contributed by atoms with Crippen molar-refractivity contribution in [2.45, 2.75) is 59.3 Å². The van der Waals surface area contributed by atoms with Gasteiger partial charge in [-0.05, 0) is 58.4 Å². The summed E-state index contributed by atoms with van der Waals surface area (Å²) in [5, 5.41) is 3.46. The summed E-state index contributed by atoms with van der Waals surface area (Å²) in [6.07, 6.45) is 8.00. The van der Waals surface area contributed by atoms with Gasteiger partial charge >= 0.3 is 0 Å². The number of hydrogen-bond donors (Lipinski definition) is 1. The van der Waals surface area contributed by atoms with Crippen molar-refractivity contribution in [3.8, 4) is 0 Å². The van der Waals surface area contributed by atoms with E-state index in [1.165, 1.54) is 71.2 Å². The largest absolute Gasteiger partial charge is 0.317 e. The summed E-state index contributed by atoms with van der Waals surface area (Å²) >= 11 is 0. The molecule has 16 heavy (non-hydrogen) atoms. The van der Waals surface area contributed by atoms with Gasteiger partial charge in [-0.3, -0.25) is 0 Å². The molecule has 0 fully saturated rings. The Morgan fingerprint density at radius 3 is 2.00 bits per heavy atom. The molecule has 0 bridgehead atoms. The van der Waals surface area contributed by atoms with Gasteiger partial charge in [0, 0.05) is 0 Å². The van der Waals surface area contributed by atoms with Crippen LogP contribution >= 0.6 is 0 Å². The number of rotatable bonds is 12. The van der Waals surface area contributed by atoms with Gasteiger partial charge in [0.1, 0.15) is 0 Å². The quantitative estimate of drug-likeness (QED) is 0.516. The van der Waals surface area contributed by atoms with E-state index in [4.69, 9.17) is 0 Å². The van der Waals surface area contributed by atoms with Crippen molar-refractivity contribution >= 4 is 0 Å². The van der Waals surface area contributed by atoms with E-state index < -0.39 is 0 Å². The molecule has 0 saturated carbocycles. The number of hydrogen-bond acceptors (Lipinski definition) is 2. The molecule has 0 heterocycles. The summed E-state index contributed by atoms with van der Waals surface area (Å²) in [5.41, 5.74) is 0. The molecule has 0 aromatic carbocycles. The molecule has 0 aliphatic heterocycles. The van der Waals surface area contributed by atoms with E-state index in [2.05, 4.69) is 31.0 Å². The maximum atomic E-state index is 3.46. The maximum absolute atomic E-state index is 3.46. The summed E-state index contributed by atoms with van der Waals surface area (Å²) < 4.78 is 0. The van der Waals surface area contributed by atoms with Crippen LogP contribution in [0.1, 0.15) is 59.3 Å². The summed E-state index contributed by atoms with van der Waals surface area (Å²) in [7, 11) is 0. The average molecular weight is 228 g/mol. The van der Waals surface area contributed by atoms with Gasteiger partial charge in [-0.25, -0.2) is 0 Å². The van der Waals surface area contributed by atoms with E-state index >= 15 is 0 Å². The lowest BCUT2D eigenvalue weighted by Crippen LogP contribution is -2.26. The van der Waals surface area contributed by atoms with Crippen LogP contribution in [-0.2, 0) is 0 Å². The lowest BCUT2D eigenvalue weighted by atomic mass is 10.2. The molecular weight excluding hydrogens is 196 g/mol. The maximum Gasteiger partial charge on any atom is -0.00184 e. The van der Waals surface area contributed by atoms with Gasteiger partial charge in [0.25, 0.3) is 0 Å². The van der Waals surface area contributed by atoms with Crippen LogP contribution in [0.15, 0.2) is 0 Å². The standard InChI is InChI=1S/C14H32N2/c1-4-7-9-13-16(6-3)14-10-8-12-15-11-5-2/h15H,4-14H2,1-3H3. The highest BCUT2D eigenvalue weighted by atomic mass is 15.1. The molecule has 0 aliphatic rings. The Bertz CT molecular complexity index is 126. The van der Waals surface area contributed by atoms with Gasteiger partial charge in [-0.2, -0.15) is 0 Å². The second kappa shape index (κ2) is 13.0. The third kappa shape index (κ3) is 10.4. The Balaban J connectivity index is 3.26. The Kier molecular flexibility index (Phi) is 12.9. The zero-order chi connectivity index (χ0) is 12.1. The van der Waals surface area contributed by atoms with Crippen LogP contribution in [0.3, 0.4) is 0 Å². The summed E-state index contributed by atoms with van der Waals surface area (Å²) in [5.74, 6) is 0. The topological polar surface area (TPSA) is 15.3 Å². The first-order valence-corrected chi connectivity index (χ1v) is 7.28. The number of unbranched alkanes of at least 4 members (excludes halogenated alkanes) is 3. The molecular formula is C14H32N2. The van der Waals surface area contributed by atoms with Gasteiger partial charge in [-0.1, -0.05) is 33.6 Å². The van der Waals surface area contributed by atoms with Crippen molar-refractivity contribution in [3.63, 3.8) is 0 Å². The third-order valence-corrected chi connectivity index (χ3v) is 3.03. The van der Waals surface area contributed by atoms with Gasteiger partial charge in [0.2, 0.25) is 0 Å². The highest BCUT2D eigenvalue weighted by Gasteiger charge is 2.00. The third-order valence-electron chi connectivity index (χ3n) is 3.03. The van der Waals surface area contributed by atoms with E-state index in [1.807, 2.05) is 0 Å². The van der Waals surface area contributed by atoms with Crippen LogP contribution in [0, 0.1) is 0 Å². The average Bonchev–Trinajstić information content (AvgIpc) is 2.31. The highest BCUT2D eigenvalue weighted by Crippen LogP contribution is 2.00. The highest BCUT2D eigenvalue weighted by molar-refractivity contribution is 4.57. The number of nitrogens with one attached hydrogen (secondary N) is 1. The predicted molar refractivity (Wildman–Crippen MR) is 74.0 cm³/mol. The van der Waals surface area contributed by atoms with Crippen molar-refractivity contribution in [2.24, 2.45) is 0 Å². The molecule has 2 heteroatoms. The molecule has 0 saturated heterocycles. The molecule has 0 rings (SSSR count). The van der Waals surface area contributed by atoms with Gasteiger partial charge < -0.3 is 10.2 Å². The van der Waals surface area contributed by atoms with Gasteiger partial charge in [-0.15, -0.1) is 0 Å². The summed E-state index contributed by atoms with van der Waals surface area (Å²) in [4.78, 5) is 2.59. The van der Waals surface area contributed by atoms with Crippen LogP contribution in [0.25, 0.3) is 0 Å². The molecule has 0 spiro atoms.